The molecule has 4 aromatic rings. The number of benzene rings is 1. The molecule has 5 rings (SSSR count). The third-order valence-electron chi connectivity index (χ3n) is 5.55. The molecule has 0 radical (unpaired) electrons. The Bertz CT molecular complexity index is 1620. The van der Waals surface area contributed by atoms with E-state index in [0.717, 1.165) is 15.6 Å². The summed E-state index contributed by atoms with van der Waals surface area (Å²) in [5, 5.41) is 0. The van der Waals surface area contributed by atoms with Crippen molar-refractivity contribution in [2.24, 2.45) is 4.99 Å². The van der Waals surface area contributed by atoms with Crippen molar-refractivity contribution < 1.29 is 13.9 Å². The second kappa shape index (κ2) is 9.59. The summed E-state index contributed by atoms with van der Waals surface area (Å²) in [6.45, 7) is 3.69. The van der Waals surface area contributed by atoms with E-state index in [2.05, 4.69) is 25.9 Å². The first-order valence-electron chi connectivity index (χ1n) is 10.9. The fraction of sp³-hybridized carbons (Fsp3) is 0.154. The smallest absolute Gasteiger partial charge is 0.338 e. The molecule has 1 aromatic carbocycles. The maximum absolute atomic E-state index is 13.6. The van der Waals surface area contributed by atoms with E-state index >= 15 is 0 Å². The number of allylic oxidation sites excluding steroid dienone is 1. The van der Waals surface area contributed by atoms with Gasteiger partial charge in [0.15, 0.2) is 4.80 Å². The highest BCUT2D eigenvalue weighted by Gasteiger charge is 2.35. The molecule has 0 saturated heterocycles. The van der Waals surface area contributed by atoms with Gasteiger partial charge >= 0.3 is 5.97 Å². The van der Waals surface area contributed by atoms with Crippen LogP contribution in [0.1, 0.15) is 31.2 Å². The zero-order valence-corrected chi connectivity index (χ0v) is 21.3. The molecule has 0 N–H and O–H groups in total. The average Bonchev–Trinajstić information content (AvgIpc) is 3.45. The minimum atomic E-state index is -0.797. The van der Waals surface area contributed by atoms with E-state index in [0.29, 0.717) is 26.6 Å². The maximum atomic E-state index is 13.6. The first-order chi connectivity index (χ1) is 17.0. The van der Waals surface area contributed by atoms with E-state index in [1.807, 2.05) is 42.5 Å². The van der Waals surface area contributed by atoms with Gasteiger partial charge in [-0.2, -0.15) is 0 Å². The SMILES string of the molecule is CCOC(=O)C1=C(C)N=c2s/c(=C\c3ccncc3)c(=O)n2[C@@H]1c1ccc(-c2ccc(Br)cc2)o1. The van der Waals surface area contributed by atoms with Crippen LogP contribution >= 0.6 is 27.3 Å². The van der Waals surface area contributed by atoms with Gasteiger partial charge in [0, 0.05) is 22.4 Å². The van der Waals surface area contributed by atoms with Gasteiger partial charge < -0.3 is 9.15 Å². The molecule has 176 valence electrons. The van der Waals surface area contributed by atoms with Crippen LogP contribution in [0, 0.1) is 0 Å². The molecule has 0 unspecified atom stereocenters. The molecule has 0 fully saturated rings. The van der Waals surface area contributed by atoms with Gasteiger partial charge in [-0.25, -0.2) is 9.79 Å². The second-order valence-electron chi connectivity index (χ2n) is 7.79. The van der Waals surface area contributed by atoms with Crippen LogP contribution in [0.5, 0.6) is 0 Å². The number of ether oxygens (including phenoxy) is 1. The quantitative estimate of drug-likeness (QED) is 0.348. The standard InChI is InChI=1S/C26H20BrN3O4S/c1-3-33-25(32)22-15(2)29-26-30(24(31)21(35-26)14-16-10-12-28-13-11-16)23(22)20-9-8-19(34-20)17-4-6-18(27)7-5-17/h4-14,23H,3H2,1-2H3/b21-14-/t23-/m1/s1. The van der Waals surface area contributed by atoms with Crippen LogP contribution in [0.25, 0.3) is 17.4 Å². The second-order valence-corrected chi connectivity index (χ2v) is 9.72. The summed E-state index contributed by atoms with van der Waals surface area (Å²) in [6, 6.07) is 14.2. The van der Waals surface area contributed by atoms with Crippen LogP contribution in [0.3, 0.4) is 0 Å². The van der Waals surface area contributed by atoms with Gasteiger partial charge in [0.1, 0.15) is 17.6 Å². The van der Waals surface area contributed by atoms with Crippen molar-refractivity contribution in [2.75, 3.05) is 6.61 Å². The lowest BCUT2D eigenvalue weighted by Crippen LogP contribution is -2.39. The number of nitrogens with zero attached hydrogens (tertiary/aromatic N) is 3. The molecule has 0 spiro atoms. The van der Waals surface area contributed by atoms with Gasteiger partial charge in [0.25, 0.3) is 5.56 Å². The third kappa shape index (κ3) is 4.44. The fourth-order valence-corrected chi connectivity index (χ4v) is 5.25. The van der Waals surface area contributed by atoms with E-state index < -0.39 is 12.0 Å². The molecular weight excluding hydrogens is 530 g/mol. The number of halogens is 1. The predicted octanol–water partition coefficient (Wildman–Crippen LogP) is 4.22. The zero-order chi connectivity index (χ0) is 24.5. The van der Waals surface area contributed by atoms with Crippen molar-refractivity contribution in [2.45, 2.75) is 19.9 Å². The molecule has 0 aliphatic carbocycles. The highest BCUT2D eigenvalue weighted by molar-refractivity contribution is 9.10. The molecule has 0 amide bonds. The molecular formula is C26H20BrN3O4S. The minimum absolute atomic E-state index is 0.205. The number of carbonyl (C=O) groups excluding carboxylic acids is 1. The summed E-state index contributed by atoms with van der Waals surface area (Å²) in [7, 11) is 0. The van der Waals surface area contributed by atoms with Gasteiger partial charge in [-0.3, -0.25) is 14.3 Å². The molecule has 0 saturated carbocycles. The average molecular weight is 550 g/mol. The molecule has 1 atom stereocenters. The monoisotopic (exact) mass is 549 g/mol. The Kier molecular flexibility index (Phi) is 6.36. The molecule has 1 aliphatic rings. The summed E-state index contributed by atoms with van der Waals surface area (Å²) in [5.41, 5.74) is 2.24. The van der Waals surface area contributed by atoms with E-state index in [1.165, 1.54) is 15.9 Å². The van der Waals surface area contributed by atoms with Crippen LogP contribution in [-0.4, -0.2) is 22.1 Å². The molecule has 4 heterocycles. The van der Waals surface area contributed by atoms with E-state index in [-0.39, 0.29) is 17.7 Å². The summed E-state index contributed by atoms with van der Waals surface area (Å²) in [6.07, 6.45) is 5.13. The van der Waals surface area contributed by atoms with Crippen LogP contribution < -0.4 is 14.9 Å². The Morgan fingerprint density at radius 3 is 2.63 bits per heavy atom. The largest absolute Gasteiger partial charge is 0.463 e. The van der Waals surface area contributed by atoms with Crippen molar-refractivity contribution in [3.05, 3.63) is 108 Å². The van der Waals surface area contributed by atoms with Gasteiger partial charge in [-0.15, -0.1) is 0 Å². The van der Waals surface area contributed by atoms with Crippen molar-refractivity contribution in [1.29, 1.82) is 0 Å². The molecule has 35 heavy (non-hydrogen) atoms. The molecule has 0 bridgehead atoms. The number of hydrogen-bond donors (Lipinski definition) is 0. The Hall–Kier alpha value is -3.56. The van der Waals surface area contributed by atoms with Crippen LogP contribution in [0.4, 0.5) is 0 Å². The summed E-state index contributed by atoms with van der Waals surface area (Å²) in [4.78, 5) is 35.7. The molecule has 7 nitrogen and oxygen atoms in total. The normalized spacial score (nSPS) is 15.6. The highest BCUT2D eigenvalue weighted by atomic mass is 79.9. The Labute approximate surface area is 212 Å². The summed E-state index contributed by atoms with van der Waals surface area (Å²) < 4.78 is 14.5. The summed E-state index contributed by atoms with van der Waals surface area (Å²) >= 11 is 4.71. The number of furan rings is 1. The lowest BCUT2D eigenvalue weighted by Gasteiger charge is -2.22. The Morgan fingerprint density at radius 1 is 1.17 bits per heavy atom. The van der Waals surface area contributed by atoms with Crippen molar-refractivity contribution >= 4 is 39.3 Å². The molecule has 1 aliphatic heterocycles. The highest BCUT2D eigenvalue weighted by Crippen LogP contribution is 2.34. The minimum Gasteiger partial charge on any atom is -0.463 e. The number of hydrogen-bond acceptors (Lipinski definition) is 7. The fourth-order valence-electron chi connectivity index (χ4n) is 3.94. The van der Waals surface area contributed by atoms with Crippen molar-refractivity contribution in [1.82, 2.24) is 9.55 Å². The van der Waals surface area contributed by atoms with Gasteiger partial charge in [0.2, 0.25) is 0 Å². The molecule has 9 heteroatoms. The Balaban J connectivity index is 1.69. The van der Waals surface area contributed by atoms with E-state index in [1.54, 1.807) is 38.4 Å². The number of esters is 1. The number of thiazole rings is 1. The van der Waals surface area contributed by atoms with Gasteiger partial charge in [0.05, 0.1) is 22.4 Å². The van der Waals surface area contributed by atoms with Gasteiger partial charge in [-0.1, -0.05) is 39.4 Å². The lowest BCUT2D eigenvalue weighted by atomic mass is 10.0. The zero-order valence-electron chi connectivity index (χ0n) is 18.9. The van der Waals surface area contributed by atoms with Crippen LogP contribution in [-0.2, 0) is 9.53 Å². The number of rotatable bonds is 5. The number of fused-ring (bicyclic) bond motifs is 1. The van der Waals surface area contributed by atoms with Crippen molar-refractivity contribution in [3.8, 4) is 11.3 Å². The van der Waals surface area contributed by atoms with Gasteiger partial charge in [-0.05, 0) is 61.9 Å². The Morgan fingerprint density at radius 2 is 1.91 bits per heavy atom. The number of aromatic nitrogens is 2. The summed E-state index contributed by atoms with van der Waals surface area (Å²) in [5.74, 6) is 0.560. The van der Waals surface area contributed by atoms with E-state index in [4.69, 9.17) is 9.15 Å². The lowest BCUT2D eigenvalue weighted by molar-refractivity contribution is -0.139. The predicted molar refractivity (Wildman–Crippen MR) is 136 cm³/mol. The first kappa shape index (κ1) is 23.2. The maximum Gasteiger partial charge on any atom is 0.338 e. The van der Waals surface area contributed by atoms with Crippen molar-refractivity contribution in [3.63, 3.8) is 0 Å². The number of pyridine rings is 1. The van der Waals surface area contributed by atoms with E-state index in [9.17, 15) is 9.59 Å². The topological polar surface area (TPSA) is 86.7 Å². The first-order valence-corrected chi connectivity index (χ1v) is 12.5. The number of carbonyl (C=O) groups is 1. The third-order valence-corrected chi connectivity index (χ3v) is 7.06. The molecule has 3 aromatic heterocycles. The van der Waals surface area contributed by atoms with Crippen LogP contribution in [0.15, 0.2) is 90.9 Å². The van der Waals surface area contributed by atoms with Crippen LogP contribution in [0.2, 0.25) is 0 Å².